The molecule has 0 aliphatic carbocycles. The number of unbranched alkanes of at least 4 members (excludes halogenated alkanes) is 1. The van der Waals surface area contributed by atoms with Gasteiger partial charge in [-0.15, -0.1) is 0 Å². The highest BCUT2D eigenvalue weighted by atomic mass is 16.2. The van der Waals surface area contributed by atoms with Crippen molar-refractivity contribution < 1.29 is 4.79 Å². The highest BCUT2D eigenvalue weighted by Gasteiger charge is 2.46. The molecule has 0 aromatic heterocycles. The Morgan fingerprint density at radius 2 is 1.85 bits per heavy atom. The summed E-state index contributed by atoms with van der Waals surface area (Å²) in [6, 6.07) is 0. The Kier molecular flexibility index (Phi) is 5.48. The van der Waals surface area contributed by atoms with Crippen LogP contribution in [0.4, 0.5) is 0 Å². The molecule has 2 aliphatic heterocycles. The van der Waals surface area contributed by atoms with E-state index in [0.29, 0.717) is 11.3 Å². The van der Waals surface area contributed by atoms with Crippen LogP contribution in [-0.4, -0.2) is 48.4 Å². The lowest BCUT2D eigenvalue weighted by Crippen LogP contribution is -2.62. The first-order chi connectivity index (χ1) is 9.58. The van der Waals surface area contributed by atoms with Crippen LogP contribution in [0.2, 0.25) is 0 Å². The van der Waals surface area contributed by atoms with Gasteiger partial charge in [0, 0.05) is 31.5 Å². The number of likely N-dealkylation sites (tertiary alicyclic amines) is 2. The van der Waals surface area contributed by atoms with Gasteiger partial charge < -0.3 is 9.80 Å². The number of amides is 1. The summed E-state index contributed by atoms with van der Waals surface area (Å²) < 4.78 is 0. The number of carbonyl (C=O) groups is 1. The lowest BCUT2D eigenvalue weighted by atomic mass is 9.71. The molecule has 1 unspecified atom stereocenters. The van der Waals surface area contributed by atoms with Crippen LogP contribution in [0.5, 0.6) is 0 Å². The first-order valence-electron chi connectivity index (χ1n) is 8.58. The summed E-state index contributed by atoms with van der Waals surface area (Å²) in [4.78, 5) is 16.7. The molecule has 20 heavy (non-hydrogen) atoms. The Balaban J connectivity index is 1.69. The Hall–Kier alpha value is -0.570. The van der Waals surface area contributed by atoms with Crippen molar-refractivity contribution in [3.63, 3.8) is 0 Å². The number of hydrogen-bond acceptors (Lipinski definition) is 2. The summed E-state index contributed by atoms with van der Waals surface area (Å²) in [5.41, 5.74) is 0.480. The largest absolute Gasteiger partial charge is 0.341 e. The summed E-state index contributed by atoms with van der Waals surface area (Å²) in [6.07, 6.45) is 6.79. The molecule has 3 heteroatoms. The van der Waals surface area contributed by atoms with Crippen LogP contribution in [0, 0.1) is 11.3 Å². The van der Waals surface area contributed by atoms with Crippen LogP contribution >= 0.6 is 0 Å². The molecule has 0 aromatic rings. The molecule has 1 atom stereocenters. The number of piperidine rings is 1. The van der Waals surface area contributed by atoms with Crippen LogP contribution < -0.4 is 0 Å². The monoisotopic (exact) mass is 280 g/mol. The van der Waals surface area contributed by atoms with Crippen molar-refractivity contribution in [1.29, 1.82) is 0 Å². The summed E-state index contributed by atoms with van der Waals surface area (Å²) >= 11 is 0. The van der Waals surface area contributed by atoms with Gasteiger partial charge in [-0.1, -0.05) is 33.6 Å². The molecule has 0 saturated carbocycles. The molecule has 1 amide bonds. The maximum absolute atomic E-state index is 12.0. The zero-order chi connectivity index (χ0) is 14.6. The highest BCUT2D eigenvalue weighted by molar-refractivity contribution is 5.77. The van der Waals surface area contributed by atoms with Crippen molar-refractivity contribution in [2.45, 2.75) is 59.3 Å². The van der Waals surface area contributed by atoms with Gasteiger partial charge >= 0.3 is 0 Å². The lowest BCUT2D eigenvalue weighted by molar-refractivity contribution is -0.147. The second-order valence-corrected chi connectivity index (χ2v) is 7.17. The zero-order valence-corrected chi connectivity index (χ0v) is 13.7. The van der Waals surface area contributed by atoms with Gasteiger partial charge in [-0.3, -0.25) is 4.79 Å². The lowest BCUT2D eigenvalue weighted by Gasteiger charge is -2.54. The maximum atomic E-state index is 12.0. The number of carbonyl (C=O) groups excluding carboxylic acids is 1. The second-order valence-electron chi connectivity index (χ2n) is 7.17. The van der Waals surface area contributed by atoms with Crippen molar-refractivity contribution >= 4 is 5.91 Å². The summed E-state index contributed by atoms with van der Waals surface area (Å²) in [5.74, 6) is 1.21. The normalized spacial score (nSPS) is 23.6. The van der Waals surface area contributed by atoms with Crippen LogP contribution in [0.3, 0.4) is 0 Å². The van der Waals surface area contributed by atoms with Gasteiger partial charge in [0.1, 0.15) is 0 Å². The second kappa shape index (κ2) is 6.93. The van der Waals surface area contributed by atoms with Gasteiger partial charge in [0.05, 0.1) is 0 Å². The van der Waals surface area contributed by atoms with Gasteiger partial charge in [0.25, 0.3) is 0 Å². The van der Waals surface area contributed by atoms with E-state index in [-0.39, 0.29) is 0 Å². The van der Waals surface area contributed by atoms with E-state index in [1.165, 1.54) is 38.9 Å². The molecule has 0 bridgehead atoms. The van der Waals surface area contributed by atoms with Crippen molar-refractivity contribution in [3.8, 4) is 0 Å². The van der Waals surface area contributed by atoms with E-state index in [0.717, 1.165) is 38.3 Å². The van der Waals surface area contributed by atoms with Crippen LogP contribution in [0.15, 0.2) is 0 Å². The fourth-order valence-electron chi connectivity index (χ4n) is 3.52. The third-order valence-electron chi connectivity index (χ3n) is 5.33. The fourth-order valence-corrected chi connectivity index (χ4v) is 3.52. The van der Waals surface area contributed by atoms with Gasteiger partial charge in [-0.05, 0) is 38.3 Å². The first kappa shape index (κ1) is 15.8. The van der Waals surface area contributed by atoms with E-state index in [2.05, 4.69) is 30.6 Å². The maximum Gasteiger partial charge on any atom is 0.222 e. The molecule has 2 rings (SSSR count). The summed E-state index contributed by atoms with van der Waals surface area (Å²) in [5, 5.41) is 0. The van der Waals surface area contributed by atoms with E-state index in [4.69, 9.17) is 0 Å². The molecular weight excluding hydrogens is 248 g/mol. The Bertz CT molecular complexity index is 313. The summed E-state index contributed by atoms with van der Waals surface area (Å²) in [7, 11) is 0. The van der Waals surface area contributed by atoms with E-state index in [1.807, 2.05) is 0 Å². The molecule has 2 heterocycles. The van der Waals surface area contributed by atoms with E-state index in [1.54, 1.807) is 0 Å². The molecule has 2 fully saturated rings. The van der Waals surface area contributed by atoms with Gasteiger partial charge in [0.15, 0.2) is 0 Å². The van der Waals surface area contributed by atoms with Gasteiger partial charge in [-0.2, -0.15) is 0 Å². The zero-order valence-electron chi connectivity index (χ0n) is 13.7. The Labute approximate surface area is 124 Å². The quantitative estimate of drug-likeness (QED) is 0.746. The van der Waals surface area contributed by atoms with E-state index < -0.39 is 0 Å². The third kappa shape index (κ3) is 3.75. The standard InChI is InChI=1S/C17H32N2O/c1-4-6-7-16(20)19-13-17(14-19)8-10-18(11-9-17)12-15(3)5-2/h15H,4-14H2,1-3H3. The van der Waals surface area contributed by atoms with E-state index >= 15 is 0 Å². The SMILES string of the molecule is CCCCC(=O)N1CC2(CCN(CC(C)CC)CC2)C1. The Morgan fingerprint density at radius 1 is 1.20 bits per heavy atom. The van der Waals surface area contributed by atoms with Crippen LogP contribution in [0.1, 0.15) is 59.3 Å². The third-order valence-corrected chi connectivity index (χ3v) is 5.33. The molecule has 0 N–H and O–H groups in total. The minimum atomic E-state index is 0.388. The molecular formula is C17H32N2O. The number of rotatable bonds is 6. The average Bonchev–Trinajstić information content (AvgIpc) is 2.43. The van der Waals surface area contributed by atoms with Crippen molar-refractivity contribution in [1.82, 2.24) is 9.80 Å². The van der Waals surface area contributed by atoms with Crippen LogP contribution in [-0.2, 0) is 4.79 Å². The highest BCUT2D eigenvalue weighted by Crippen LogP contribution is 2.40. The molecule has 3 nitrogen and oxygen atoms in total. The molecule has 0 aromatic carbocycles. The molecule has 1 spiro atoms. The Morgan fingerprint density at radius 3 is 2.40 bits per heavy atom. The van der Waals surface area contributed by atoms with Gasteiger partial charge in [-0.25, -0.2) is 0 Å². The first-order valence-corrected chi connectivity index (χ1v) is 8.58. The van der Waals surface area contributed by atoms with Crippen molar-refractivity contribution in [2.75, 3.05) is 32.7 Å². The number of nitrogens with zero attached hydrogens (tertiary/aromatic N) is 2. The predicted molar refractivity (Wildman–Crippen MR) is 83.7 cm³/mol. The smallest absolute Gasteiger partial charge is 0.222 e. The fraction of sp³-hybridized carbons (Fsp3) is 0.941. The summed E-state index contributed by atoms with van der Waals surface area (Å²) in [6.45, 7) is 12.6. The van der Waals surface area contributed by atoms with Crippen LogP contribution in [0.25, 0.3) is 0 Å². The minimum Gasteiger partial charge on any atom is -0.341 e. The van der Waals surface area contributed by atoms with E-state index in [9.17, 15) is 4.79 Å². The minimum absolute atomic E-state index is 0.388. The molecule has 116 valence electrons. The van der Waals surface area contributed by atoms with Gasteiger partial charge in [0.2, 0.25) is 5.91 Å². The predicted octanol–water partition coefficient (Wildman–Crippen LogP) is 3.15. The van der Waals surface area contributed by atoms with Crippen molar-refractivity contribution in [2.24, 2.45) is 11.3 Å². The molecule has 0 radical (unpaired) electrons. The average molecular weight is 280 g/mol. The number of hydrogen-bond donors (Lipinski definition) is 0. The molecule has 2 aliphatic rings. The van der Waals surface area contributed by atoms with Crippen molar-refractivity contribution in [3.05, 3.63) is 0 Å². The topological polar surface area (TPSA) is 23.6 Å². The molecule has 2 saturated heterocycles.